The smallest absolute Gasteiger partial charge is 0.119 e. The molecule has 0 spiro atoms. The zero-order valence-electron chi connectivity index (χ0n) is 23.0. The maximum atomic E-state index is 9.26. The second-order valence-corrected chi connectivity index (χ2v) is 11.5. The molecule has 0 fully saturated rings. The molecular formula is C37H30O4S. The van der Waals surface area contributed by atoms with Crippen molar-refractivity contribution in [2.75, 3.05) is 26.4 Å². The van der Waals surface area contributed by atoms with Crippen LogP contribution in [-0.2, 0) is 5.41 Å². The summed E-state index contributed by atoms with van der Waals surface area (Å²) >= 11 is 1.82. The van der Waals surface area contributed by atoms with E-state index in [0.717, 1.165) is 22.6 Å². The van der Waals surface area contributed by atoms with Crippen LogP contribution in [0.4, 0.5) is 0 Å². The van der Waals surface area contributed by atoms with Crippen LogP contribution in [0.15, 0.2) is 121 Å². The van der Waals surface area contributed by atoms with Gasteiger partial charge in [0.1, 0.15) is 24.7 Å². The van der Waals surface area contributed by atoms with E-state index in [9.17, 15) is 10.2 Å². The van der Waals surface area contributed by atoms with E-state index in [1.54, 1.807) is 0 Å². The molecule has 0 radical (unpaired) electrons. The number of hydrogen-bond donors (Lipinski definition) is 2. The van der Waals surface area contributed by atoms with E-state index in [4.69, 9.17) is 9.47 Å². The lowest BCUT2D eigenvalue weighted by molar-refractivity contribution is 0.201. The number of ether oxygens (including phenoxy) is 2. The third-order valence-corrected chi connectivity index (χ3v) is 9.21. The van der Waals surface area contributed by atoms with Crippen LogP contribution in [0, 0.1) is 0 Å². The van der Waals surface area contributed by atoms with Crippen molar-refractivity contribution in [1.82, 2.24) is 0 Å². The topological polar surface area (TPSA) is 58.9 Å². The molecule has 1 aromatic heterocycles. The van der Waals surface area contributed by atoms with Crippen molar-refractivity contribution >= 4 is 21.4 Å². The molecule has 0 saturated heterocycles. The Balaban J connectivity index is 1.46. The number of aliphatic hydroxyl groups is 2. The Bertz CT molecular complexity index is 1770. The number of thiophene rings is 1. The van der Waals surface area contributed by atoms with Crippen molar-refractivity contribution in [3.05, 3.63) is 144 Å². The fraction of sp³-hybridized carbons (Fsp3) is 0.135. The van der Waals surface area contributed by atoms with Gasteiger partial charge in [-0.3, -0.25) is 0 Å². The summed E-state index contributed by atoms with van der Waals surface area (Å²) in [6.07, 6.45) is 0. The predicted molar refractivity (Wildman–Crippen MR) is 170 cm³/mol. The van der Waals surface area contributed by atoms with Crippen molar-refractivity contribution in [3.63, 3.8) is 0 Å². The molecule has 1 heterocycles. The van der Waals surface area contributed by atoms with Crippen molar-refractivity contribution in [1.29, 1.82) is 0 Å². The first-order valence-corrected chi connectivity index (χ1v) is 15.0. The summed E-state index contributed by atoms with van der Waals surface area (Å²) in [6.45, 7) is 0.448. The van der Waals surface area contributed by atoms with E-state index in [0.29, 0.717) is 0 Å². The van der Waals surface area contributed by atoms with Crippen molar-refractivity contribution < 1.29 is 19.7 Å². The standard InChI is InChI=1S/C37H30O4S/c38-19-21-40-29-14-10-27(11-15-29)37(28-12-16-30(17-13-28)41-22-20-39)33-7-3-2-6-31(33)32-18-9-26(23-34(32)37)36-24-25-5-1-4-8-35(25)42-36/h1-18,23-24,38-39H,19-22H2. The van der Waals surface area contributed by atoms with E-state index in [1.807, 2.05) is 35.6 Å². The SMILES string of the molecule is OCCOc1ccc(C2(c3ccc(OCCO)cc3)c3ccccc3-c3ccc(-c4cc5ccccc5s4)cc32)cc1. The summed E-state index contributed by atoms with van der Waals surface area (Å²) < 4.78 is 12.7. The Morgan fingerprint density at radius 2 is 1.17 bits per heavy atom. The minimum absolute atomic E-state index is 0.0301. The molecule has 0 atom stereocenters. The molecule has 1 aliphatic rings. The van der Waals surface area contributed by atoms with Gasteiger partial charge in [-0.25, -0.2) is 0 Å². The number of hydrogen-bond acceptors (Lipinski definition) is 5. The van der Waals surface area contributed by atoms with Gasteiger partial charge in [-0.1, -0.05) is 78.9 Å². The Kier molecular flexibility index (Phi) is 7.00. The van der Waals surface area contributed by atoms with Gasteiger partial charge in [0, 0.05) is 9.58 Å². The monoisotopic (exact) mass is 570 g/mol. The second-order valence-electron chi connectivity index (χ2n) is 10.4. The molecule has 5 heteroatoms. The number of rotatable bonds is 9. The number of benzene rings is 5. The normalized spacial score (nSPS) is 13.1. The fourth-order valence-electron chi connectivity index (χ4n) is 6.27. The van der Waals surface area contributed by atoms with Crippen LogP contribution >= 0.6 is 11.3 Å². The molecule has 2 N–H and O–H groups in total. The van der Waals surface area contributed by atoms with Crippen LogP contribution in [0.5, 0.6) is 11.5 Å². The maximum absolute atomic E-state index is 9.26. The van der Waals surface area contributed by atoms with Gasteiger partial charge in [0.15, 0.2) is 0 Å². The minimum atomic E-state index is -0.580. The molecule has 6 aromatic rings. The Labute approximate surface area is 249 Å². The van der Waals surface area contributed by atoms with Crippen molar-refractivity contribution in [2.24, 2.45) is 0 Å². The molecule has 5 aromatic carbocycles. The van der Waals surface area contributed by atoms with E-state index in [1.165, 1.54) is 42.8 Å². The lowest BCUT2D eigenvalue weighted by atomic mass is 9.67. The van der Waals surface area contributed by atoms with Gasteiger partial charge in [0.25, 0.3) is 0 Å². The summed E-state index contributed by atoms with van der Waals surface area (Å²) in [4.78, 5) is 1.24. The molecule has 0 unspecified atom stereocenters. The first-order chi connectivity index (χ1) is 20.7. The highest BCUT2D eigenvalue weighted by Crippen LogP contribution is 2.57. The fourth-order valence-corrected chi connectivity index (χ4v) is 7.33. The summed E-state index contributed by atoms with van der Waals surface area (Å²) in [7, 11) is 0. The lowest BCUT2D eigenvalue weighted by Crippen LogP contribution is -2.28. The van der Waals surface area contributed by atoms with E-state index in [-0.39, 0.29) is 26.4 Å². The Hall–Kier alpha value is -4.42. The van der Waals surface area contributed by atoms with Crippen molar-refractivity contribution in [3.8, 4) is 33.1 Å². The first-order valence-electron chi connectivity index (χ1n) is 14.1. The molecule has 0 saturated carbocycles. The maximum Gasteiger partial charge on any atom is 0.119 e. The van der Waals surface area contributed by atoms with Crippen LogP contribution in [-0.4, -0.2) is 36.6 Å². The van der Waals surface area contributed by atoms with Gasteiger partial charge >= 0.3 is 0 Å². The average molecular weight is 571 g/mol. The zero-order chi connectivity index (χ0) is 28.5. The third kappa shape index (κ3) is 4.38. The molecule has 0 amide bonds. The molecule has 208 valence electrons. The highest BCUT2D eigenvalue weighted by Gasteiger charge is 2.46. The second kappa shape index (κ2) is 11.1. The summed E-state index contributed by atoms with van der Waals surface area (Å²) in [6, 6.07) is 42.9. The molecule has 4 nitrogen and oxygen atoms in total. The Morgan fingerprint density at radius 3 is 1.81 bits per heavy atom. The average Bonchev–Trinajstić information content (AvgIpc) is 3.61. The Morgan fingerprint density at radius 1 is 0.571 bits per heavy atom. The highest BCUT2D eigenvalue weighted by atomic mass is 32.1. The van der Waals surface area contributed by atoms with Gasteiger partial charge in [-0.15, -0.1) is 11.3 Å². The van der Waals surface area contributed by atoms with Gasteiger partial charge in [-0.2, -0.15) is 0 Å². The number of fused-ring (bicyclic) bond motifs is 4. The minimum Gasteiger partial charge on any atom is -0.491 e. The molecule has 42 heavy (non-hydrogen) atoms. The number of aliphatic hydroxyl groups excluding tert-OH is 2. The van der Waals surface area contributed by atoms with Crippen molar-refractivity contribution in [2.45, 2.75) is 5.41 Å². The third-order valence-electron chi connectivity index (χ3n) is 8.05. The van der Waals surface area contributed by atoms with Crippen LogP contribution in [0.3, 0.4) is 0 Å². The van der Waals surface area contributed by atoms with Crippen LogP contribution in [0.2, 0.25) is 0 Å². The van der Waals surface area contributed by atoms with E-state index >= 15 is 0 Å². The van der Waals surface area contributed by atoms with E-state index < -0.39 is 5.41 Å². The quantitative estimate of drug-likeness (QED) is 0.187. The van der Waals surface area contributed by atoms with Gasteiger partial charge in [-0.05, 0) is 86.8 Å². The van der Waals surface area contributed by atoms with Crippen LogP contribution in [0.1, 0.15) is 22.3 Å². The molecule has 7 rings (SSSR count). The van der Waals surface area contributed by atoms with Gasteiger partial charge in [0.2, 0.25) is 0 Å². The molecule has 1 aliphatic carbocycles. The lowest BCUT2D eigenvalue weighted by Gasteiger charge is -2.34. The van der Waals surface area contributed by atoms with Crippen LogP contribution < -0.4 is 9.47 Å². The zero-order valence-corrected chi connectivity index (χ0v) is 23.8. The summed E-state index contributed by atoms with van der Waals surface area (Å²) in [5.41, 5.74) is 7.76. The molecule has 0 aliphatic heterocycles. The van der Waals surface area contributed by atoms with E-state index in [2.05, 4.69) is 97.1 Å². The molecule has 0 bridgehead atoms. The molecular weight excluding hydrogens is 540 g/mol. The largest absolute Gasteiger partial charge is 0.491 e. The first kappa shape index (κ1) is 26.5. The summed E-state index contributed by atoms with van der Waals surface area (Å²) in [5, 5.41) is 19.8. The van der Waals surface area contributed by atoms with Gasteiger partial charge in [0.05, 0.1) is 18.6 Å². The van der Waals surface area contributed by atoms with Gasteiger partial charge < -0.3 is 19.7 Å². The van der Waals surface area contributed by atoms with Crippen LogP contribution in [0.25, 0.3) is 31.7 Å². The predicted octanol–water partition coefficient (Wildman–Crippen LogP) is 7.67. The summed E-state index contributed by atoms with van der Waals surface area (Å²) in [5.74, 6) is 1.45. The highest BCUT2D eigenvalue weighted by molar-refractivity contribution is 7.22.